The molecule has 0 unspecified atom stereocenters. The maximum Gasteiger partial charge on any atom is 0.255 e. The molecule has 0 atom stereocenters. The van der Waals surface area contributed by atoms with Gasteiger partial charge in [-0.1, -0.05) is 12.1 Å². The molecule has 5 rings (SSSR count). The van der Waals surface area contributed by atoms with E-state index >= 15 is 0 Å². The lowest BCUT2D eigenvalue weighted by Crippen LogP contribution is -2.12. The molecule has 8 nitrogen and oxygen atoms in total. The minimum Gasteiger partial charge on any atom is -0.487 e. The molecule has 0 fully saturated rings. The highest BCUT2D eigenvalue weighted by molar-refractivity contribution is 6.04. The normalized spacial score (nSPS) is 10.9. The Hall–Kier alpha value is -4.46. The largest absolute Gasteiger partial charge is 0.487 e. The molecule has 2 N–H and O–H groups in total. The minimum absolute atomic E-state index is 0.218. The first-order valence-corrected chi connectivity index (χ1v) is 10.1. The fourth-order valence-electron chi connectivity index (χ4n) is 3.32. The number of pyridine rings is 1. The van der Waals surface area contributed by atoms with Crippen molar-refractivity contribution >= 4 is 17.2 Å². The zero-order valence-electron chi connectivity index (χ0n) is 17.3. The summed E-state index contributed by atoms with van der Waals surface area (Å²) in [4.78, 5) is 21.5. The number of carbonyl (C=O) groups excluding carboxylic acids is 1. The van der Waals surface area contributed by atoms with E-state index in [0.717, 1.165) is 22.7 Å². The molecule has 1 amide bonds. The van der Waals surface area contributed by atoms with E-state index in [4.69, 9.17) is 4.74 Å². The lowest BCUT2D eigenvalue weighted by molar-refractivity contribution is 0.102. The van der Waals surface area contributed by atoms with Crippen LogP contribution in [0, 0.1) is 6.92 Å². The van der Waals surface area contributed by atoms with Crippen molar-refractivity contribution in [2.45, 2.75) is 13.5 Å². The third-order valence-electron chi connectivity index (χ3n) is 4.90. The predicted octanol–water partition coefficient (Wildman–Crippen LogP) is 4.26. The molecule has 0 aliphatic heterocycles. The van der Waals surface area contributed by atoms with Gasteiger partial charge in [-0.05, 0) is 61.5 Å². The third kappa shape index (κ3) is 4.20. The number of nitrogens with one attached hydrogen (secondary N) is 2. The van der Waals surface area contributed by atoms with Crippen molar-refractivity contribution in [3.8, 4) is 17.1 Å². The van der Waals surface area contributed by atoms with Crippen molar-refractivity contribution in [2.24, 2.45) is 0 Å². The SMILES string of the molecule is Cc1nc(-c2ccc(NC(=O)c3cccc(OCc4cn5ccccc5n4)c3)cc2)n[nH]1. The Balaban J connectivity index is 1.24. The number of aryl methyl sites for hydroxylation is 1. The van der Waals surface area contributed by atoms with Crippen molar-refractivity contribution in [1.82, 2.24) is 24.6 Å². The van der Waals surface area contributed by atoms with E-state index in [9.17, 15) is 4.79 Å². The monoisotopic (exact) mass is 424 g/mol. The second-order valence-electron chi connectivity index (χ2n) is 7.29. The second-order valence-corrected chi connectivity index (χ2v) is 7.29. The van der Waals surface area contributed by atoms with Crippen LogP contribution in [-0.2, 0) is 6.61 Å². The van der Waals surface area contributed by atoms with Crippen molar-refractivity contribution in [2.75, 3.05) is 5.32 Å². The smallest absolute Gasteiger partial charge is 0.255 e. The molecular formula is C24H20N6O2. The number of ether oxygens (including phenoxy) is 1. The standard InChI is InChI=1S/C24H20N6O2/c1-16-25-23(29-28-16)17-8-10-19(11-9-17)27-24(31)18-5-4-6-21(13-18)32-15-20-14-30-12-3-2-7-22(30)26-20/h2-14H,15H2,1H3,(H,27,31)(H,25,28,29). The number of fused-ring (bicyclic) bond motifs is 1. The molecule has 0 saturated heterocycles. The number of hydrogen-bond donors (Lipinski definition) is 2. The van der Waals surface area contributed by atoms with Crippen molar-refractivity contribution in [3.05, 3.63) is 96.2 Å². The quantitative estimate of drug-likeness (QED) is 0.425. The highest BCUT2D eigenvalue weighted by atomic mass is 16.5. The number of benzene rings is 2. The van der Waals surface area contributed by atoms with Crippen LogP contribution in [0.1, 0.15) is 21.9 Å². The van der Waals surface area contributed by atoms with Gasteiger partial charge in [0.2, 0.25) is 0 Å². The first-order chi connectivity index (χ1) is 15.6. The summed E-state index contributed by atoms with van der Waals surface area (Å²) in [6.45, 7) is 2.16. The van der Waals surface area contributed by atoms with Gasteiger partial charge in [-0.15, -0.1) is 0 Å². The van der Waals surface area contributed by atoms with Gasteiger partial charge < -0.3 is 14.5 Å². The topological polar surface area (TPSA) is 97.2 Å². The Morgan fingerprint density at radius 1 is 1.06 bits per heavy atom. The molecule has 8 heteroatoms. The van der Waals surface area contributed by atoms with Crippen LogP contribution in [-0.4, -0.2) is 30.5 Å². The van der Waals surface area contributed by atoms with Gasteiger partial charge in [0.25, 0.3) is 5.91 Å². The number of rotatable bonds is 6. The molecule has 0 aliphatic carbocycles. The number of aromatic amines is 1. The zero-order chi connectivity index (χ0) is 21.9. The summed E-state index contributed by atoms with van der Waals surface area (Å²) >= 11 is 0. The molecule has 2 aromatic carbocycles. The Kier molecular flexibility index (Phi) is 5.09. The van der Waals surface area contributed by atoms with Crippen LogP contribution in [0.4, 0.5) is 5.69 Å². The molecule has 32 heavy (non-hydrogen) atoms. The number of amides is 1. The van der Waals surface area contributed by atoms with Gasteiger partial charge in [0.15, 0.2) is 5.82 Å². The maximum absolute atomic E-state index is 12.7. The first kappa shape index (κ1) is 19.5. The number of H-pyrrole nitrogens is 1. The highest BCUT2D eigenvalue weighted by Crippen LogP contribution is 2.20. The number of anilines is 1. The average molecular weight is 424 g/mol. The first-order valence-electron chi connectivity index (χ1n) is 10.1. The fourth-order valence-corrected chi connectivity index (χ4v) is 3.32. The minimum atomic E-state index is -0.218. The average Bonchev–Trinajstić information content (AvgIpc) is 3.44. The molecular weight excluding hydrogens is 404 g/mol. The van der Waals surface area contributed by atoms with Crippen LogP contribution in [0.2, 0.25) is 0 Å². The predicted molar refractivity (Wildman–Crippen MR) is 120 cm³/mol. The lowest BCUT2D eigenvalue weighted by Gasteiger charge is -2.08. The van der Waals surface area contributed by atoms with Crippen LogP contribution in [0.25, 0.3) is 17.0 Å². The lowest BCUT2D eigenvalue weighted by atomic mass is 10.1. The highest BCUT2D eigenvalue weighted by Gasteiger charge is 2.10. The Labute approximate surface area is 183 Å². The van der Waals surface area contributed by atoms with Crippen molar-refractivity contribution in [1.29, 1.82) is 0 Å². The zero-order valence-corrected chi connectivity index (χ0v) is 17.3. The van der Waals surface area contributed by atoms with Gasteiger partial charge in [-0.2, -0.15) is 5.10 Å². The Morgan fingerprint density at radius 2 is 1.94 bits per heavy atom. The van der Waals surface area contributed by atoms with Gasteiger partial charge in [0, 0.05) is 29.2 Å². The molecule has 0 aliphatic rings. The summed E-state index contributed by atoms with van der Waals surface area (Å²) in [6.07, 6.45) is 3.87. The molecule has 0 saturated carbocycles. The fraction of sp³-hybridized carbons (Fsp3) is 0.0833. The summed E-state index contributed by atoms with van der Waals surface area (Å²) in [5.41, 5.74) is 3.74. The van der Waals surface area contributed by atoms with E-state index in [0.29, 0.717) is 29.4 Å². The molecule has 158 valence electrons. The molecule has 3 heterocycles. The van der Waals surface area contributed by atoms with Crippen LogP contribution >= 0.6 is 0 Å². The van der Waals surface area contributed by atoms with Gasteiger partial charge in [-0.25, -0.2) is 9.97 Å². The van der Waals surface area contributed by atoms with Gasteiger partial charge in [0.1, 0.15) is 23.8 Å². The third-order valence-corrected chi connectivity index (χ3v) is 4.90. The number of nitrogens with zero attached hydrogens (tertiary/aromatic N) is 4. The molecule has 0 spiro atoms. The Morgan fingerprint density at radius 3 is 2.72 bits per heavy atom. The van der Waals surface area contributed by atoms with E-state index in [1.54, 1.807) is 18.2 Å². The number of hydrogen-bond acceptors (Lipinski definition) is 5. The summed E-state index contributed by atoms with van der Waals surface area (Å²) in [6, 6.07) is 20.3. The Bertz CT molecular complexity index is 1350. The molecule has 0 bridgehead atoms. The van der Waals surface area contributed by atoms with Crippen LogP contribution < -0.4 is 10.1 Å². The number of carbonyl (C=O) groups is 1. The second kappa shape index (κ2) is 8.35. The molecule has 3 aromatic heterocycles. The van der Waals surface area contributed by atoms with Gasteiger partial charge in [0.05, 0.1) is 5.69 Å². The van der Waals surface area contributed by atoms with Crippen LogP contribution in [0.3, 0.4) is 0 Å². The number of aromatic nitrogens is 5. The van der Waals surface area contributed by atoms with Crippen molar-refractivity contribution in [3.63, 3.8) is 0 Å². The summed E-state index contributed by atoms with van der Waals surface area (Å²) in [5.74, 6) is 1.76. The van der Waals surface area contributed by atoms with E-state index in [-0.39, 0.29) is 5.91 Å². The molecule has 5 aromatic rings. The van der Waals surface area contributed by atoms with Crippen LogP contribution in [0.5, 0.6) is 5.75 Å². The number of imidazole rings is 1. The summed E-state index contributed by atoms with van der Waals surface area (Å²) in [7, 11) is 0. The van der Waals surface area contributed by atoms with E-state index in [1.807, 2.05) is 72.2 Å². The summed E-state index contributed by atoms with van der Waals surface area (Å²) in [5, 5.41) is 9.86. The van der Waals surface area contributed by atoms with Crippen molar-refractivity contribution < 1.29 is 9.53 Å². The van der Waals surface area contributed by atoms with Gasteiger partial charge in [-0.3, -0.25) is 9.89 Å². The summed E-state index contributed by atoms with van der Waals surface area (Å²) < 4.78 is 7.80. The van der Waals surface area contributed by atoms with E-state index in [1.165, 1.54) is 0 Å². The van der Waals surface area contributed by atoms with E-state index in [2.05, 4.69) is 25.5 Å². The van der Waals surface area contributed by atoms with Gasteiger partial charge >= 0.3 is 0 Å². The van der Waals surface area contributed by atoms with Crippen LogP contribution in [0.15, 0.2) is 79.1 Å². The molecule has 0 radical (unpaired) electrons. The van der Waals surface area contributed by atoms with E-state index < -0.39 is 0 Å². The maximum atomic E-state index is 12.7.